The molecule has 2 heterocycles. The highest BCUT2D eigenvalue weighted by molar-refractivity contribution is 5.64. The molecule has 1 atom stereocenters. The summed E-state index contributed by atoms with van der Waals surface area (Å²) in [4.78, 5) is 2.46. The molecule has 0 amide bonds. The molecule has 1 saturated heterocycles. The lowest BCUT2D eigenvalue weighted by Crippen LogP contribution is -2.32. The van der Waals surface area contributed by atoms with Gasteiger partial charge in [0.1, 0.15) is 11.6 Å². The highest BCUT2D eigenvalue weighted by Crippen LogP contribution is 2.27. The lowest BCUT2D eigenvalue weighted by molar-refractivity contribution is 0.320. The Kier molecular flexibility index (Phi) is 5.69. The topological polar surface area (TPSA) is 53.2 Å². The van der Waals surface area contributed by atoms with E-state index in [-0.39, 0.29) is 5.82 Å². The van der Waals surface area contributed by atoms with Crippen LogP contribution in [-0.4, -0.2) is 41.3 Å². The second kappa shape index (κ2) is 8.54. The van der Waals surface area contributed by atoms with Crippen LogP contribution < -0.4 is 10.1 Å². The second-order valence-electron chi connectivity index (χ2n) is 7.20. The number of rotatable bonds is 7. The van der Waals surface area contributed by atoms with Gasteiger partial charge in [-0.2, -0.15) is 5.10 Å². The number of hydrogen-bond donors (Lipinski definition) is 2. The molecule has 0 unspecified atom stereocenters. The zero-order valence-electron chi connectivity index (χ0n) is 16.0. The quantitative estimate of drug-likeness (QED) is 0.658. The van der Waals surface area contributed by atoms with Gasteiger partial charge in [-0.15, -0.1) is 0 Å². The highest BCUT2D eigenvalue weighted by Gasteiger charge is 2.22. The maximum atomic E-state index is 14.4. The average molecular weight is 380 g/mol. The molecule has 3 aromatic rings. The van der Waals surface area contributed by atoms with Crippen LogP contribution in [0.15, 0.2) is 54.7 Å². The van der Waals surface area contributed by atoms with Crippen molar-refractivity contribution in [3.05, 3.63) is 71.7 Å². The largest absolute Gasteiger partial charge is 0.497 e. The molecule has 6 heteroatoms. The zero-order valence-corrected chi connectivity index (χ0v) is 16.0. The number of aromatic nitrogens is 2. The van der Waals surface area contributed by atoms with Crippen LogP contribution in [0.1, 0.15) is 17.5 Å². The van der Waals surface area contributed by atoms with Gasteiger partial charge in [-0.25, -0.2) is 4.39 Å². The molecule has 0 aliphatic carbocycles. The van der Waals surface area contributed by atoms with Crippen LogP contribution >= 0.6 is 0 Å². The van der Waals surface area contributed by atoms with Crippen molar-refractivity contribution in [1.29, 1.82) is 0 Å². The number of hydrogen-bond acceptors (Lipinski definition) is 4. The maximum Gasteiger partial charge on any atom is 0.136 e. The lowest BCUT2D eigenvalue weighted by Gasteiger charge is -2.17. The van der Waals surface area contributed by atoms with Gasteiger partial charge >= 0.3 is 0 Å². The Morgan fingerprint density at radius 2 is 2.11 bits per heavy atom. The van der Waals surface area contributed by atoms with Gasteiger partial charge in [-0.05, 0) is 24.1 Å². The van der Waals surface area contributed by atoms with Crippen LogP contribution in [0.4, 0.5) is 4.39 Å². The van der Waals surface area contributed by atoms with Crippen molar-refractivity contribution in [3.63, 3.8) is 0 Å². The van der Waals surface area contributed by atoms with Gasteiger partial charge in [0, 0.05) is 49.4 Å². The second-order valence-corrected chi connectivity index (χ2v) is 7.20. The monoisotopic (exact) mass is 380 g/mol. The summed E-state index contributed by atoms with van der Waals surface area (Å²) in [6, 6.07) is 15.9. The third-order valence-electron chi connectivity index (χ3n) is 5.27. The average Bonchev–Trinajstić information content (AvgIpc) is 3.36. The smallest absolute Gasteiger partial charge is 0.136 e. The Hall–Kier alpha value is -2.70. The molecule has 0 spiro atoms. The van der Waals surface area contributed by atoms with Crippen molar-refractivity contribution in [2.45, 2.75) is 25.6 Å². The Balaban J connectivity index is 1.36. The number of ether oxygens (including phenoxy) is 1. The Morgan fingerprint density at radius 1 is 1.25 bits per heavy atom. The van der Waals surface area contributed by atoms with E-state index in [1.807, 2.05) is 6.07 Å². The predicted octanol–water partition coefficient (Wildman–Crippen LogP) is 3.59. The van der Waals surface area contributed by atoms with Gasteiger partial charge in [0.05, 0.1) is 19.0 Å². The highest BCUT2D eigenvalue weighted by atomic mass is 19.1. The Labute approximate surface area is 164 Å². The van der Waals surface area contributed by atoms with Crippen LogP contribution in [0.3, 0.4) is 0 Å². The van der Waals surface area contributed by atoms with E-state index in [0.29, 0.717) is 29.6 Å². The molecule has 4 rings (SSSR count). The maximum absolute atomic E-state index is 14.4. The fourth-order valence-corrected chi connectivity index (χ4v) is 3.74. The summed E-state index contributed by atoms with van der Waals surface area (Å²) in [5, 5.41) is 10.7. The van der Waals surface area contributed by atoms with Crippen LogP contribution in [-0.2, 0) is 13.1 Å². The molecule has 5 nitrogen and oxygen atoms in total. The van der Waals surface area contributed by atoms with E-state index in [9.17, 15) is 4.39 Å². The third kappa shape index (κ3) is 4.24. The number of nitrogens with zero attached hydrogens (tertiary/aromatic N) is 2. The van der Waals surface area contributed by atoms with Crippen molar-refractivity contribution >= 4 is 0 Å². The molecule has 1 fully saturated rings. The minimum atomic E-state index is -0.320. The van der Waals surface area contributed by atoms with Crippen molar-refractivity contribution in [2.75, 3.05) is 20.2 Å². The predicted molar refractivity (Wildman–Crippen MR) is 107 cm³/mol. The first-order valence-corrected chi connectivity index (χ1v) is 9.59. The summed E-state index contributed by atoms with van der Waals surface area (Å²) in [5.74, 6) is 0.185. The summed E-state index contributed by atoms with van der Waals surface area (Å²) in [5.41, 5.74) is 3.53. The SMILES string of the molecule is COc1ccc(-c2[nH]ncc2CN[C@H]2CCN(Cc3ccccc3)C2)c(F)c1. The summed E-state index contributed by atoms with van der Waals surface area (Å²) >= 11 is 0. The zero-order chi connectivity index (χ0) is 19.3. The van der Waals surface area contributed by atoms with E-state index in [4.69, 9.17) is 4.74 Å². The van der Waals surface area contributed by atoms with Gasteiger partial charge < -0.3 is 10.1 Å². The van der Waals surface area contributed by atoms with Crippen molar-refractivity contribution < 1.29 is 9.13 Å². The molecular formula is C22H25FN4O. The van der Waals surface area contributed by atoms with Gasteiger partial charge in [0.15, 0.2) is 0 Å². The van der Waals surface area contributed by atoms with Crippen LogP contribution in [0.25, 0.3) is 11.3 Å². The molecule has 0 bridgehead atoms. The van der Waals surface area contributed by atoms with Crippen molar-refractivity contribution in [2.24, 2.45) is 0 Å². The van der Waals surface area contributed by atoms with Gasteiger partial charge in [-0.1, -0.05) is 30.3 Å². The fraction of sp³-hybridized carbons (Fsp3) is 0.318. The number of likely N-dealkylation sites (tertiary alicyclic amines) is 1. The number of methoxy groups -OCH3 is 1. The number of H-pyrrole nitrogens is 1. The summed E-state index contributed by atoms with van der Waals surface area (Å²) in [7, 11) is 1.53. The number of benzene rings is 2. The molecule has 28 heavy (non-hydrogen) atoms. The number of halogens is 1. The summed E-state index contributed by atoms with van der Waals surface area (Å²) in [6.07, 6.45) is 2.87. The van der Waals surface area contributed by atoms with E-state index in [1.165, 1.54) is 18.7 Å². The van der Waals surface area contributed by atoms with E-state index < -0.39 is 0 Å². The molecule has 2 N–H and O–H groups in total. The minimum Gasteiger partial charge on any atom is -0.497 e. The van der Waals surface area contributed by atoms with E-state index in [0.717, 1.165) is 31.6 Å². The molecule has 1 aliphatic heterocycles. The third-order valence-corrected chi connectivity index (χ3v) is 5.27. The van der Waals surface area contributed by atoms with E-state index in [2.05, 4.69) is 44.7 Å². The Bertz CT molecular complexity index is 912. The van der Waals surface area contributed by atoms with E-state index >= 15 is 0 Å². The molecule has 146 valence electrons. The molecule has 1 aromatic heterocycles. The van der Waals surface area contributed by atoms with Crippen LogP contribution in [0, 0.1) is 5.82 Å². The molecule has 2 aromatic carbocycles. The van der Waals surface area contributed by atoms with Crippen molar-refractivity contribution in [1.82, 2.24) is 20.4 Å². The first kappa shape index (κ1) is 18.7. The van der Waals surface area contributed by atoms with Crippen LogP contribution in [0.5, 0.6) is 5.75 Å². The standard InChI is InChI=1S/C22H25FN4O/c1-28-19-7-8-20(21(23)11-19)22-17(13-25-26-22)12-24-18-9-10-27(15-18)14-16-5-3-2-4-6-16/h2-8,11,13,18,24H,9-10,12,14-15H2,1H3,(H,25,26)/t18-/m0/s1. The van der Waals surface area contributed by atoms with Crippen LogP contribution in [0.2, 0.25) is 0 Å². The van der Waals surface area contributed by atoms with Crippen molar-refractivity contribution in [3.8, 4) is 17.0 Å². The van der Waals surface area contributed by atoms with E-state index in [1.54, 1.807) is 18.3 Å². The lowest BCUT2D eigenvalue weighted by atomic mass is 10.1. The molecule has 1 aliphatic rings. The fourth-order valence-electron chi connectivity index (χ4n) is 3.74. The summed E-state index contributed by atoms with van der Waals surface area (Å²) < 4.78 is 19.5. The first-order chi connectivity index (χ1) is 13.7. The number of aromatic amines is 1. The summed E-state index contributed by atoms with van der Waals surface area (Å²) in [6.45, 7) is 3.73. The van der Waals surface area contributed by atoms with Gasteiger partial charge in [0.25, 0.3) is 0 Å². The molecule has 0 radical (unpaired) electrons. The van der Waals surface area contributed by atoms with Gasteiger partial charge in [-0.3, -0.25) is 10.00 Å². The molecular weight excluding hydrogens is 355 g/mol. The Morgan fingerprint density at radius 3 is 2.89 bits per heavy atom. The first-order valence-electron chi connectivity index (χ1n) is 9.59. The number of nitrogens with one attached hydrogen (secondary N) is 2. The van der Waals surface area contributed by atoms with Gasteiger partial charge in [0.2, 0.25) is 0 Å². The minimum absolute atomic E-state index is 0.320. The normalized spacial score (nSPS) is 17.1. The molecule has 0 saturated carbocycles.